The van der Waals surface area contributed by atoms with Gasteiger partial charge in [-0.2, -0.15) is 10.5 Å². The molecule has 0 spiro atoms. The van der Waals surface area contributed by atoms with Crippen LogP contribution in [0.5, 0.6) is 0 Å². The second-order valence-electron chi connectivity index (χ2n) is 29.4. The van der Waals surface area contributed by atoms with Crippen molar-refractivity contribution in [1.82, 2.24) is 48.2 Å². The van der Waals surface area contributed by atoms with E-state index >= 15 is 0 Å². The van der Waals surface area contributed by atoms with Crippen molar-refractivity contribution in [2.75, 3.05) is 0 Å². The summed E-state index contributed by atoms with van der Waals surface area (Å²) >= 11 is 0. The van der Waals surface area contributed by atoms with Gasteiger partial charge < -0.3 is 27.1 Å². The quantitative estimate of drug-likeness (QED) is 0.128. The Balaban J connectivity index is 0.000000138. The zero-order valence-corrected chi connectivity index (χ0v) is 62.8. The molecule has 0 aliphatic rings. The summed E-state index contributed by atoms with van der Waals surface area (Å²) in [6.07, 6.45) is 0. The Morgan fingerprint density at radius 2 is 0.492 bits per heavy atom. The van der Waals surface area contributed by atoms with E-state index in [1.165, 1.54) is 5.39 Å². The Bertz CT molecular complexity index is 8200. The van der Waals surface area contributed by atoms with Gasteiger partial charge in [0.1, 0.15) is 28.9 Å². The molecule has 24 rings (SSSR count). The molecule has 0 saturated carbocycles. The molecule has 16 aromatic carbocycles. The van der Waals surface area contributed by atoms with E-state index in [0.29, 0.717) is 46.1 Å². The van der Waals surface area contributed by atoms with E-state index in [-0.39, 0.29) is 0 Å². The number of benzene rings is 16. The summed E-state index contributed by atoms with van der Waals surface area (Å²) in [7, 11) is 0. The van der Waals surface area contributed by atoms with Crippen molar-refractivity contribution in [1.29, 1.82) is 10.5 Å². The van der Waals surface area contributed by atoms with Crippen LogP contribution in [0.15, 0.2) is 373 Å². The smallest absolute Gasteiger partial charge is 0.164 e. The van der Waals surface area contributed by atoms with E-state index in [4.69, 9.17) is 38.7 Å². The third kappa shape index (κ3) is 10.6. The molecule has 0 radical (unpaired) electrons. The maximum absolute atomic E-state index is 10.8. The highest BCUT2D eigenvalue weighted by molar-refractivity contribution is 6.30. The SMILES string of the molecule is N#Cc1cc(-c2nc(-c3ccccc3)nc(-c3ccccc3)n2)ccc1-n1c2ccccc2c2c3oc4c(ccc5c4c4ccccc4n5-c4ccccc4)c3ccc21.N#Cc1cc(-c2nc(-c3ccccc3)nc(-c3ccccc3)n2)ccc1-n1c2ccccc2c2c3oc4c(ccc5c6ccccc6n(-c6ccccc6)c54)c3ccc21. The molecule has 0 atom stereocenters. The summed E-state index contributed by atoms with van der Waals surface area (Å²) < 4.78 is 23.2. The van der Waals surface area contributed by atoms with Crippen LogP contribution in [-0.4, -0.2) is 48.2 Å². The number of nitriles is 2. The highest BCUT2D eigenvalue weighted by atomic mass is 16.3. The lowest BCUT2D eigenvalue weighted by Gasteiger charge is -2.12. The van der Waals surface area contributed by atoms with Crippen LogP contribution in [0.4, 0.5) is 0 Å². The molecule has 14 heteroatoms. The fourth-order valence-corrected chi connectivity index (χ4v) is 17.6. The van der Waals surface area contributed by atoms with Crippen molar-refractivity contribution in [3.8, 4) is 103 Å². The van der Waals surface area contributed by atoms with Crippen LogP contribution in [0.2, 0.25) is 0 Å². The molecule has 0 aliphatic carbocycles. The molecule has 0 amide bonds. The van der Waals surface area contributed by atoms with Crippen LogP contribution in [0.1, 0.15) is 11.1 Å². The molecule has 8 aromatic heterocycles. The van der Waals surface area contributed by atoms with Gasteiger partial charge in [0.25, 0.3) is 0 Å². The van der Waals surface area contributed by atoms with Crippen molar-refractivity contribution in [2.45, 2.75) is 0 Å². The fraction of sp³-hybridized carbons (Fsp3) is 0. The molecule has 0 aliphatic heterocycles. The third-order valence-electron chi connectivity index (χ3n) is 22.8. The van der Waals surface area contributed by atoms with Gasteiger partial charge in [0.05, 0.1) is 82.8 Å². The summed E-state index contributed by atoms with van der Waals surface area (Å²) in [6.45, 7) is 0. The standard InChI is InChI=1S/2C52H30N6O/c53-31-35-30-34(52-55-50(32-14-4-1-5-15-32)54-51(56-52)33-16-6-2-7-17-33)24-27-41(35)58-43-23-13-11-21-40(43)47-45(58)29-26-38-37-25-28-44-46(48(37)59-49(38)47)39-20-10-12-22-42(39)57(44)36-18-8-3-9-19-36;53-31-35-30-34(52-55-50(32-14-4-1-5-15-32)54-51(56-52)33-16-6-2-7-17-33)24-28-42(35)58-44-23-13-11-21-41(44)46-45(58)29-27-39-40-26-25-38-37-20-10-12-22-43(37)57(36-18-8-3-9-19-36)47(38)49(40)59-48(39)46/h2*1-30H. The molecule has 14 nitrogen and oxygen atoms in total. The Morgan fingerprint density at radius 1 is 0.212 bits per heavy atom. The van der Waals surface area contributed by atoms with Crippen molar-refractivity contribution in [2.24, 2.45) is 0 Å². The molecule has 0 unspecified atom stereocenters. The topological polar surface area (TPSA) is 171 Å². The normalized spacial score (nSPS) is 11.7. The summed E-state index contributed by atoms with van der Waals surface area (Å²) in [4.78, 5) is 29.4. The van der Waals surface area contributed by atoms with Gasteiger partial charge in [-0.15, -0.1) is 0 Å². The van der Waals surface area contributed by atoms with Gasteiger partial charge >= 0.3 is 0 Å². The number of aromatic nitrogens is 10. The van der Waals surface area contributed by atoms with Gasteiger partial charge in [0.2, 0.25) is 0 Å². The minimum Gasteiger partial charge on any atom is -0.455 e. The van der Waals surface area contributed by atoms with E-state index in [0.717, 1.165) is 182 Å². The molecular formula is C104H60N12O2. The Hall–Kier alpha value is -16.7. The van der Waals surface area contributed by atoms with Gasteiger partial charge in [0, 0.05) is 93.2 Å². The second kappa shape index (κ2) is 27.0. The highest BCUT2D eigenvalue weighted by Crippen LogP contribution is 2.48. The van der Waals surface area contributed by atoms with Crippen LogP contribution >= 0.6 is 0 Å². The largest absolute Gasteiger partial charge is 0.455 e. The van der Waals surface area contributed by atoms with Gasteiger partial charge in [0.15, 0.2) is 40.5 Å². The van der Waals surface area contributed by atoms with Crippen molar-refractivity contribution >= 4 is 131 Å². The summed E-state index contributed by atoms with van der Waals surface area (Å²) in [5.74, 6) is 3.25. The lowest BCUT2D eigenvalue weighted by molar-refractivity contribution is 0.675. The number of hydrogen-bond acceptors (Lipinski definition) is 10. The fourth-order valence-electron chi connectivity index (χ4n) is 17.6. The summed E-state index contributed by atoms with van der Waals surface area (Å²) in [5.41, 5.74) is 21.2. The first-order valence-electron chi connectivity index (χ1n) is 39.0. The lowest BCUT2D eigenvalue weighted by Crippen LogP contribution is -2.02. The maximum Gasteiger partial charge on any atom is 0.164 e. The van der Waals surface area contributed by atoms with E-state index in [2.05, 4.69) is 212 Å². The monoisotopic (exact) mass is 1510 g/mol. The van der Waals surface area contributed by atoms with E-state index in [9.17, 15) is 10.5 Å². The van der Waals surface area contributed by atoms with Crippen molar-refractivity contribution in [3.05, 3.63) is 375 Å². The summed E-state index contributed by atoms with van der Waals surface area (Å²) in [5, 5.41) is 34.4. The van der Waals surface area contributed by atoms with Crippen LogP contribution in [0.3, 0.4) is 0 Å². The first kappa shape index (κ1) is 67.1. The van der Waals surface area contributed by atoms with Gasteiger partial charge in [-0.3, -0.25) is 0 Å². The van der Waals surface area contributed by atoms with Gasteiger partial charge in [-0.1, -0.05) is 237 Å². The number of fused-ring (bicyclic) bond motifs is 22. The zero-order chi connectivity index (χ0) is 78.1. The first-order valence-corrected chi connectivity index (χ1v) is 39.0. The molecule has 0 bridgehead atoms. The van der Waals surface area contributed by atoms with E-state index < -0.39 is 0 Å². The number of nitrogens with zero attached hydrogens (tertiary/aromatic N) is 12. The predicted octanol–water partition coefficient (Wildman–Crippen LogP) is 25.7. The minimum atomic E-state index is 0.492. The molecule has 8 heterocycles. The second-order valence-corrected chi connectivity index (χ2v) is 29.4. The molecule has 0 saturated heterocycles. The minimum absolute atomic E-state index is 0.492. The van der Waals surface area contributed by atoms with Gasteiger partial charge in [-0.25, -0.2) is 29.9 Å². The van der Waals surface area contributed by atoms with Crippen LogP contribution < -0.4 is 0 Å². The van der Waals surface area contributed by atoms with Crippen molar-refractivity contribution in [3.63, 3.8) is 0 Å². The highest BCUT2D eigenvalue weighted by Gasteiger charge is 2.28. The first-order chi connectivity index (χ1) is 58.5. The molecule has 548 valence electrons. The van der Waals surface area contributed by atoms with E-state index in [1.54, 1.807) is 0 Å². The van der Waals surface area contributed by atoms with Crippen molar-refractivity contribution < 1.29 is 8.83 Å². The molecule has 0 N–H and O–H groups in total. The number of para-hydroxylation sites is 6. The number of furan rings is 2. The van der Waals surface area contributed by atoms with Crippen LogP contribution in [0, 0.1) is 22.7 Å². The Morgan fingerprint density at radius 3 is 0.873 bits per heavy atom. The Labute approximate surface area is 672 Å². The third-order valence-corrected chi connectivity index (χ3v) is 22.8. The maximum atomic E-state index is 10.8. The molecule has 0 fully saturated rings. The van der Waals surface area contributed by atoms with E-state index in [1.807, 2.05) is 182 Å². The summed E-state index contributed by atoms with van der Waals surface area (Å²) in [6, 6.07) is 128. The average molecular weight is 1510 g/mol. The zero-order valence-electron chi connectivity index (χ0n) is 62.8. The van der Waals surface area contributed by atoms with Gasteiger partial charge in [-0.05, 0) is 127 Å². The molecule has 24 aromatic rings. The van der Waals surface area contributed by atoms with Crippen LogP contribution in [-0.2, 0) is 0 Å². The van der Waals surface area contributed by atoms with Crippen LogP contribution in [0.25, 0.3) is 222 Å². The number of rotatable bonds is 10. The number of hydrogen-bond donors (Lipinski definition) is 0. The predicted molar refractivity (Wildman–Crippen MR) is 474 cm³/mol. The Kier molecular flexibility index (Phi) is 15.4. The molecule has 118 heavy (non-hydrogen) atoms. The molecular weight excluding hydrogens is 1450 g/mol. The average Bonchev–Trinajstić information content (AvgIpc) is 1.54. The lowest BCUT2D eigenvalue weighted by atomic mass is 10.1.